The molecule has 0 unspecified atom stereocenters. The summed E-state index contributed by atoms with van der Waals surface area (Å²) in [5, 5.41) is 8.45. The van der Waals surface area contributed by atoms with Crippen LogP contribution in [0.5, 0.6) is 5.75 Å². The summed E-state index contributed by atoms with van der Waals surface area (Å²) in [5.74, 6) is 0.979. The predicted molar refractivity (Wildman–Crippen MR) is 127 cm³/mol. The second-order valence-corrected chi connectivity index (χ2v) is 8.24. The molecular weight excluding hydrogens is 452 g/mol. The maximum Gasteiger partial charge on any atom is 0.276 e. The van der Waals surface area contributed by atoms with Crippen LogP contribution in [0.1, 0.15) is 39.2 Å². The molecule has 0 saturated carbocycles. The van der Waals surface area contributed by atoms with Gasteiger partial charge in [0.15, 0.2) is 11.7 Å². The number of rotatable bonds is 9. The van der Waals surface area contributed by atoms with E-state index < -0.39 is 11.9 Å². The molecule has 4 rings (SSSR count). The number of methoxy groups -OCH3 is 1. The van der Waals surface area contributed by atoms with Crippen LogP contribution in [0.25, 0.3) is 0 Å². The molecule has 8 nitrogen and oxygen atoms in total. The molecule has 9 heteroatoms. The lowest BCUT2D eigenvalue weighted by atomic mass is 10.1. The van der Waals surface area contributed by atoms with Crippen LogP contribution in [0, 0.1) is 6.92 Å². The van der Waals surface area contributed by atoms with Crippen molar-refractivity contribution in [2.24, 2.45) is 0 Å². The molecule has 2 aromatic heterocycles. The number of aryl methyl sites for hydroxylation is 1. The topological polar surface area (TPSA) is 97.6 Å². The largest absolute Gasteiger partial charge is 0.497 e. The van der Waals surface area contributed by atoms with E-state index in [-0.39, 0.29) is 24.7 Å². The van der Waals surface area contributed by atoms with Crippen LogP contribution in [0.2, 0.25) is 0 Å². The number of nitrogens with one attached hydrogen (secondary N) is 1. The van der Waals surface area contributed by atoms with Gasteiger partial charge in [-0.3, -0.25) is 9.59 Å². The minimum Gasteiger partial charge on any atom is -0.497 e. The molecular formula is C25H24N4O4S. The molecule has 174 valence electrons. The summed E-state index contributed by atoms with van der Waals surface area (Å²) in [4.78, 5) is 28.5. The second kappa shape index (κ2) is 10.8. The van der Waals surface area contributed by atoms with Crippen LogP contribution >= 0.6 is 11.5 Å². The molecule has 0 saturated heterocycles. The number of carbonyl (C=O) groups is 2. The molecule has 0 radical (unpaired) electrons. The Labute approximate surface area is 201 Å². The Morgan fingerprint density at radius 3 is 2.44 bits per heavy atom. The Kier molecular flexibility index (Phi) is 7.34. The Morgan fingerprint density at radius 1 is 1.06 bits per heavy atom. The molecule has 0 aliphatic carbocycles. The highest BCUT2D eigenvalue weighted by molar-refractivity contribution is 7.03. The van der Waals surface area contributed by atoms with Crippen LogP contribution in [0.4, 0.5) is 0 Å². The van der Waals surface area contributed by atoms with Crippen molar-refractivity contribution in [3.8, 4) is 5.75 Å². The van der Waals surface area contributed by atoms with Gasteiger partial charge in [0.1, 0.15) is 17.3 Å². The third kappa shape index (κ3) is 5.49. The highest BCUT2D eigenvalue weighted by Crippen LogP contribution is 2.27. The Balaban J connectivity index is 1.65. The number of hydrogen-bond donors (Lipinski definition) is 1. The molecule has 2 amide bonds. The van der Waals surface area contributed by atoms with Gasteiger partial charge in [0.25, 0.3) is 11.8 Å². The summed E-state index contributed by atoms with van der Waals surface area (Å²) < 4.78 is 14.8. The third-order valence-corrected chi connectivity index (χ3v) is 5.76. The van der Waals surface area contributed by atoms with Gasteiger partial charge in [-0.1, -0.05) is 47.0 Å². The first-order valence-electron chi connectivity index (χ1n) is 10.6. The molecule has 0 spiro atoms. The average molecular weight is 477 g/mol. The van der Waals surface area contributed by atoms with E-state index >= 15 is 0 Å². The van der Waals surface area contributed by atoms with Gasteiger partial charge in [-0.05, 0) is 53.8 Å². The molecule has 4 aromatic rings. The molecule has 1 N–H and O–H groups in total. The van der Waals surface area contributed by atoms with Gasteiger partial charge in [0, 0.05) is 18.5 Å². The fraction of sp³-hybridized carbons (Fsp3) is 0.200. The lowest BCUT2D eigenvalue weighted by Gasteiger charge is -2.29. The number of hydrogen-bond acceptors (Lipinski definition) is 7. The zero-order valence-corrected chi connectivity index (χ0v) is 19.6. The maximum atomic E-state index is 13.5. The fourth-order valence-electron chi connectivity index (χ4n) is 3.52. The molecule has 34 heavy (non-hydrogen) atoms. The number of carbonyl (C=O) groups excluding carboxylic acids is 2. The van der Waals surface area contributed by atoms with E-state index in [1.807, 2.05) is 54.6 Å². The lowest BCUT2D eigenvalue weighted by molar-refractivity contribution is -0.126. The standard InChI is InChI=1S/C25H24N4O4S/c1-17-8-13-22(33-17)23(24(30)26-14-18-9-11-20(32-2)12-10-18)29(15-19-6-4-3-5-7-19)25(31)21-16-34-28-27-21/h3-13,16,23H,14-15H2,1-2H3,(H,26,30)/t23-/m0/s1. The number of aromatic nitrogens is 2. The van der Waals surface area contributed by atoms with Gasteiger partial charge < -0.3 is 19.4 Å². The van der Waals surface area contributed by atoms with Crippen LogP contribution < -0.4 is 10.1 Å². The van der Waals surface area contributed by atoms with Gasteiger partial charge in [0.05, 0.1) is 7.11 Å². The average Bonchev–Trinajstić information content (AvgIpc) is 3.55. The first-order valence-corrected chi connectivity index (χ1v) is 11.5. The van der Waals surface area contributed by atoms with Crippen molar-refractivity contribution in [2.45, 2.75) is 26.1 Å². The molecule has 0 bridgehead atoms. The monoisotopic (exact) mass is 476 g/mol. The van der Waals surface area contributed by atoms with Crippen molar-refractivity contribution >= 4 is 23.3 Å². The zero-order chi connectivity index (χ0) is 23.9. The van der Waals surface area contributed by atoms with E-state index in [2.05, 4.69) is 14.9 Å². The molecule has 0 fully saturated rings. The summed E-state index contributed by atoms with van der Waals surface area (Å²) in [6.07, 6.45) is 0. The van der Waals surface area contributed by atoms with Gasteiger partial charge >= 0.3 is 0 Å². The third-order valence-electron chi connectivity index (χ3n) is 5.25. The number of furan rings is 1. The van der Waals surface area contributed by atoms with Crippen molar-refractivity contribution in [2.75, 3.05) is 7.11 Å². The first kappa shape index (κ1) is 23.2. The van der Waals surface area contributed by atoms with E-state index in [9.17, 15) is 9.59 Å². The van der Waals surface area contributed by atoms with E-state index in [0.717, 1.165) is 28.4 Å². The van der Waals surface area contributed by atoms with Crippen LogP contribution in [0.15, 0.2) is 76.5 Å². The highest BCUT2D eigenvalue weighted by atomic mass is 32.1. The summed E-state index contributed by atoms with van der Waals surface area (Å²) in [6, 6.07) is 19.4. The van der Waals surface area contributed by atoms with E-state index in [4.69, 9.17) is 9.15 Å². The number of amides is 2. The molecule has 0 aliphatic heterocycles. The van der Waals surface area contributed by atoms with Gasteiger partial charge in [-0.2, -0.15) is 0 Å². The van der Waals surface area contributed by atoms with Crippen molar-refractivity contribution in [1.29, 1.82) is 0 Å². The fourth-order valence-corrected chi connectivity index (χ4v) is 3.95. The first-order chi connectivity index (χ1) is 16.5. The number of benzene rings is 2. The molecule has 2 aromatic carbocycles. The Morgan fingerprint density at radius 2 is 1.82 bits per heavy atom. The second-order valence-electron chi connectivity index (χ2n) is 7.63. The minimum absolute atomic E-state index is 0.178. The minimum atomic E-state index is -0.999. The van der Waals surface area contributed by atoms with Crippen molar-refractivity contribution in [3.05, 3.63) is 100 Å². The van der Waals surface area contributed by atoms with Gasteiger partial charge in [-0.25, -0.2) is 0 Å². The van der Waals surface area contributed by atoms with Crippen molar-refractivity contribution in [1.82, 2.24) is 19.8 Å². The summed E-state index contributed by atoms with van der Waals surface area (Å²) in [7, 11) is 1.60. The summed E-state index contributed by atoms with van der Waals surface area (Å²) in [5.41, 5.74) is 1.94. The Bertz CT molecular complexity index is 1220. The zero-order valence-electron chi connectivity index (χ0n) is 18.8. The number of ether oxygens (including phenoxy) is 1. The van der Waals surface area contributed by atoms with E-state index in [1.165, 1.54) is 4.90 Å². The normalized spacial score (nSPS) is 11.6. The lowest BCUT2D eigenvalue weighted by Crippen LogP contribution is -2.43. The SMILES string of the molecule is COc1ccc(CNC(=O)[C@H](c2ccc(C)o2)N(Cc2ccccc2)C(=O)c2csnn2)cc1. The van der Waals surface area contributed by atoms with Gasteiger partial charge in [0.2, 0.25) is 0 Å². The van der Waals surface area contributed by atoms with Gasteiger partial charge in [-0.15, -0.1) is 5.10 Å². The number of nitrogens with zero attached hydrogens (tertiary/aromatic N) is 3. The molecule has 0 aliphatic rings. The van der Waals surface area contributed by atoms with Crippen LogP contribution in [-0.4, -0.2) is 33.4 Å². The maximum absolute atomic E-state index is 13.5. The van der Waals surface area contributed by atoms with Crippen molar-refractivity contribution in [3.63, 3.8) is 0 Å². The molecule has 2 heterocycles. The van der Waals surface area contributed by atoms with Crippen LogP contribution in [0.3, 0.4) is 0 Å². The quantitative estimate of drug-likeness (QED) is 0.390. The summed E-state index contributed by atoms with van der Waals surface area (Å²) in [6.45, 7) is 2.27. The summed E-state index contributed by atoms with van der Waals surface area (Å²) >= 11 is 1.08. The molecule has 1 atom stereocenters. The predicted octanol–water partition coefficient (Wildman–Crippen LogP) is 4.15. The van der Waals surface area contributed by atoms with Crippen LogP contribution in [-0.2, 0) is 17.9 Å². The van der Waals surface area contributed by atoms with E-state index in [1.54, 1.807) is 31.5 Å². The smallest absolute Gasteiger partial charge is 0.276 e. The van der Waals surface area contributed by atoms with E-state index in [0.29, 0.717) is 11.5 Å². The Hall–Kier alpha value is -3.98. The van der Waals surface area contributed by atoms with Crippen molar-refractivity contribution < 1.29 is 18.7 Å². The highest BCUT2D eigenvalue weighted by Gasteiger charge is 2.35.